The molecule has 1 fully saturated rings. The molecule has 0 spiro atoms. The highest BCUT2D eigenvalue weighted by Gasteiger charge is 2.12. The van der Waals surface area contributed by atoms with E-state index in [0.29, 0.717) is 6.04 Å². The highest BCUT2D eigenvalue weighted by Crippen LogP contribution is 2.11. The minimum absolute atomic E-state index is 0.661. The summed E-state index contributed by atoms with van der Waals surface area (Å²) in [6.07, 6.45) is 2.61. The molecule has 2 N–H and O–H groups in total. The predicted octanol–water partition coefficient (Wildman–Crippen LogP) is 1.72. The molecule has 1 saturated heterocycles. The second kappa shape index (κ2) is 6.62. The van der Waals surface area contributed by atoms with Gasteiger partial charge in [0, 0.05) is 19.1 Å². The summed E-state index contributed by atoms with van der Waals surface area (Å²) in [7, 11) is 0. The normalized spacial score (nSPS) is 19.5. The maximum absolute atomic E-state index is 5.67. The molecule has 1 aliphatic heterocycles. The van der Waals surface area contributed by atoms with Crippen LogP contribution in [0.4, 0.5) is 0 Å². The van der Waals surface area contributed by atoms with Crippen LogP contribution in [0.3, 0.4) is 0 Å². The molecule has 0 aliphatic carbocycles. The number of hydrogen-bond acceptors (Lipinski definition) is 3. The van der Waals surface area contributed by atoms with Gasteiger partial charge in [0.15, 0.2) is 0 Å². The van der Waals surface area contributed by atoms with Gasteiger partial charge in [0.2, 0.25) is 0 Å². The van der Waals surface area contributed by atoms with E-state index in [1.807, 2.05) is 12.1 Å². The fourth-order valence-corrected chi connectivity index (χ4v) is 2.15. The first-order chi connectivity index (χ1) is 8.34. The summed E-state index contributed by atoms with van der Waals surface area (Å²) in [4.78, 5) is 0. The molecule has 0 saturated carbocycles. The van der Waals surface area contributed by atoms with E-state index in [1.165, 1.54) is 24.9 Å². The number of hydrogen-bond donors (Lipinski definition) is 2. The van der Waals surface area contributed by atoms with Crippen LogP contribution >= 0.6 is 0 Å². The minimum Gasteiger partial charge on any atom is -0.492 e. The van der Waals surface area contributed by atoms with Gasteiger partial charge in [-0.15, -0.1) is 0 Å². The summed E-state index contributed by atoms with van der Waals surface area (Å²) in [5.74, 6) is 0.964. The van der Waals surface area contributed by atoms with Gasteiger partial charge in [-0.2, -0.15) is 0 Å². The van der Waals surface area contributed by atoms with Crippen molar-refractivity contribution >= 4 is 0 Å². The highest BCUT2D eigenvalue weighted by atomic mass is 16.5. The van der Waals surface area contributed by atoms with E-state index < -0.39 is 0 Å². The van der Waals surface area contributed by atoms with Gasteiger partial charge in [-0.05, 0) is 44.0 Å². The van der Waals surface area contributed by atoms with Crippen LogP contribution in [-0.2, 0) is 0 Å². The Morgan fingerprint density at radius 1 is 1.47 bits per heavy atom. The Morgan fingerprint density at radius 3 is 3.18 bits per heavy atom. The monoisotopic (exact) mass is 234 g/mol. The van der Waals surface area contributed by atoms with Gasteiger partial charge in [0.25, 0.3) is 0 Å². The van der Waals surface area contributed by atoms with E-state index in [9.17, 15) is 0 Å². The lowest BCUT2D eigenvalue weighted by molar-refractivity contribution is 0.311. The summed E-state index contributed by atoms with van der Waals surface area (Å²) in [6.45, 7) is 5.95. The van der Waals surface area contributed by atoms with Crippen molar-refractivity contribution in [3.63, 3.8) is 0 Å². The molecule has 3 nitrogen and oxygen atoms in total. The predicted molar refractivity (Wildman–Crippen MR) is 70.6 cm³/mol. The molecular formula is C14H22N2O. The molecule has 1 aliphatic rings. The van der Waals surface area contributed by atoms with Crippen LogP contribution < -0.4 is 15.4 Å². The van der Waals surface area contributed by atoms with Gasteiger partial charge in [-0.25, -0.2) is 0 Å². The molecule has 0 bridgehead atoms. The summed E-state index contributed by atoms with van der Waals surface area (Å²) >= 11 is 0. The Morgan fingerprint density at radius 2 is 2.41 bits per heavy atom. The van der Waals surface area contributed by atoms with Crippen LogP contribution in [0.1, 0.15) is 18.4 Å². The third-order valence-corrected chi connectivity index (χ3v) is 3.09. The van der Waals surface area contributed by atoms with Gasteiger partial charge >= 0.3 is 0 Å². The van der Waals surface area contributed by atoms with Gasteiger partial charge < -0.3 is 15.4 Å². The average molecular weight is 234 g/mol. The van der Waals surface area contributed by atoms with Crippen LogP contribution in [-0.4, -0.2) is 32.3 Å². The molecule has 1 atom stereocenters. The van der Waals surface area contributed by atoms with Crippen molar-refractivity contribution in [3.8, 4) is 5.75 Å². The van der Waals surface area contributed by atoms with Gasteiger partial charge in [-0.1, -0.05) is 12.1 Å². The standard InChI is InChI=1S/C14H22N2O/c1-12-4-2-6-14(10-12)17-9-8-15-11-13-5-3-7-16-13/h2,4,6,10,13,15-16H,3,5,7-9,11H2,1H3. The second-order valence-electron chi connectivity index (χ2n) is 4.66. The molecule has 94 valence electrons. The first kappa shape index (κ1) is 12.4. The van der Waals surface area contributed by atoms with Crippen molar-refractivity contribution in [2.75, 3.05) is 26.2 Å². The molecule has 2 rings (SSSR count). The van der Waals surface area contributed by atoms with E-state index in [1.54, 1.807) is 0 Å². The van der Waals surface area contributed by atoms with E-state index >= 15 is 0 Å². The van der Waals surface area contributed by atoms with Crippen molar-refractivity contribution in [2.24, 2.45) is 0 Å². The molecule has 17 heavy (non-hydrogen) atoms. The van der Waals surface area contributed by atoms with Gasteiger partial charge in [0.1, 0.15) is 12.4 Å². The Balaban J connectivity index is 1.56. The Hall–Kier alpha value is -1.06. The number of aryl methyl sites for hydroxylation is 1. The van der Waals surface area contributed by atoms with Crippen LogP contribution in [0.5, 0.6) is 5.75 Å². The number of rotatable bonds is 6. The first-order valence-corrected chi connectivity index (χ1v) is 6.48. The minimum atomic E-state index is 0.661. The van der Waals surface area contributed by atoms with Crippen molar-refractivity contribution in [1.29, 1.82) is 0 Å². The van der Waals surface area contributed by atoms with Crippen molar-refractivity contribution < 1.29 is 4.74 Å². The lowest BCUT2D eigenvalue weighted by Gasteiger charge is -2.12. The Labute approximate surface area is 104 Å². The van der Waals surface area contributed by atoms with Gasteiger partial charge in [0.05, 0.1) is 0 Å². The zero-order valence-electron chi connectivity index (χ0n) is 10.5. The quantitative estimate of drug-likeness (QED) is 0.735. The fraction of sp³-hybridized carbons (Fsp3) is 0.571. The zero-order chi connectivity index (χ0) is 11.9. The second-order valence-corrected chi connectivity index (χ2v) is 4.66. The SMILES string of the molecule is Cc1cccc(OCCNCC2CCCN2)c1. The van der Waals surface area contributed by atoms with E-state index in [0.717, 1.165) is 25.4 Å². The third kappa shape index (κ3) is 4.36. The largest absolute Gasteiger partial charge is 0.492 e. The summed E-state index contributed by atoms with van der Waals surface area (Å²) in [5, 5.41) is 6.89. The van der Waals surface area contributed by atoms with Gasteiger partial charge in [-0.3, -0.25) is 0 Å². The molecule has 0 aromatic heterocycles. The molecule has 0 amide bonds. The lowest BCUT2D eigenvalue weighted by Crippen LogP contribution is -2.35. The Kier molecular flexibility index (Phi) is 4.83. The zero-order valence-corrected chi connectivity index (χ0v) is 10.5. The molecule has 1 aromatic rings. The van der Waals surface area contributed by atoms with E-state index in [4.69, 9.17) is 4.74 Å². The van der Waals surface area contributed by atoms with E-state index in [-0.39, 0.29) is 0 Å². The third-order valence-electron chi connectivity index (χ3n) is 3.09. The van der Waals surface area contributed by atoms with Crippen LogP contribution in [0.25, 0.3) is 0 Å². The number of nitrogens with one attached hydrogen (secondary N) is 2. The summed E-state index contributed by atoms with van der Waals surface area (Å²) in [5.41, 5.74) is 1.24. The molecule has 0 radical (unpaired) electrons. The average Bonchev–Trinajstić information content (AvgIpc) is 2.82. The highest BCUT2D eigenvalue weighted by molar-refractivity contribution is 5.27. The number of benzene rings is 1. The molecular weight excluding hydrogens is 212 g/mol. The molecule has 1 aromatic carbocycles. The van der Waals surface area contributed by atoms with Crippen molar-refractivity contribution in [2.45, 2.75) is 25.8 Å². The first-order valence-electron chi connectivity index (χ1n) is 6.48. The van der Waals surface area contributed by atoms with Crippen LogP contribution in [0, 0.1) is 6.92 Å². The maximum Gasteiger partial charge on any atom is 0.119 e. The van der Waals surface area contributed by atoms with Crippen molar-refractivity contribution in [1.82, 2.24) is 10.6 Å². The Bertz CT molecular complexity index is 335. The summed E-state index contributed by atoms with van der Waals surface area (Å²) in [6, 6.07) is 8.84. The smallest absolute Gasteiger partial charge is 0.119 e. The van der Waals surface area contributed by atoms with E-state index in [2.05, 4.69) is 29.7 Å². The fourth-order valence-electron chi connectivity index (χ4n) is 2.15. The maximum atomic E-state index is 5.67. The van der Waals surface area contributed by atoms with Crippen molar-refractivity contribution in [3.05, 3.63) is 29.8 Å². The molecule has 1 unspecified atom stereocenters. The topological polar surface area (TPSA) is 33.3 Å². The number of ether oxygens (including phenoxy) is 1. The van der Waals surface area contributed by atoms with Crippen LogP contribution in [0.2, 0.25) is 0 Å². The molecule has 3 heteroatoms. The summed E-state index contributed by atoms with van der Waals surface area (Å²) < 4.78 is 5.67. The van der Waals surface area contributed by atoms with Crippen LogP contribution in [0.15, 0.2) is 24.3 Å². The molecule has 1 heterocycles. The lowest BCUT2D eigenvalue weighted by atomic mass is 10.2.